The molecule has 1 N–H and O–H groups in total. The summed E-state index contributed by atoms with van der Waals surface area (Å²) in [6.45, 7) is 4.88. The summed E-state index contributed by atoms with van der Waals surface area (Å²) in [5.74, 6) is 0.798. The minimum Gasteiger partial charge on any atom is -0.477 e. The van der Waals surface area contributed by atoms with Crippen molar-refractivity contribution in [2.24, 2.45) is 5.92 Å². The molecule has 24 heavy (non-hydrogen) atoms. The second-order valence-electron chi connectivity index (χ2n) is 5.97. The van der Waals surface area contributed by atoms with E-state index < -0.39 is 6.10 Å². The summed E-state index contributed by atoms with van der Waals surface area (Å²) >= 11 is 0. The molecule has 7 heteroatoms. The van der Waals surface area contributed by atoms with Crippen molar-refractivity contribution in [1.82, 2.24) is 15.0 Å². The Morgan fingerprint density at radius 3 is 3.04 bits per heavy atom. The highest BCUT2D eigenvalue weighted by molar-refractivity contribution is 5.96. The van der Waals surface area contributed by atoms with E-state index in [0.717, 1.165) is 11.5 Å². The van der Waals surface area contributed by atoms with Crippen LogP contribution >= 0.6 is 0 Å². The molecule has 1 saturated heterocycles. The Bertz CT molecular complexity index is 715. The Morgan fingerprint density at radius 1 is 1.50 bits per heavy atom. The Morgan fingerprint density at radius 2 is 2.33 bits per heavy atom. The standard InChI is InChI=1S/C17H21N3O4/c1-3-23-16-14(5-4-6-18-16)17(22)20-9-12(15(21)10-20)8-13-7-11(2)19-24-13/h4-7,12,15,21H,3,8-10H2,1-2H3/t12-,15-/m1/s1. The lowest BCUT2D eigenvalue weighted by molar-refractivity contribution is 0.0759. The molecule has 3 heterocycles. The number of likely N-dealkylation sites (tertiary alicyclic amines) is 1. The molecule has 0 spiro atoms. The van der Waals surface area contributed by atoms with Gasteiger partial charge >= 0.3 is 0 Å². The van der Waals surface area contributed by atoms with Gasteiger partial charge in [-0.05, 0) is 26.0 Å². The maximum Gasteiger partial charge on any atom is 0.259 e. The van der Waals surface area contributed by atoms with E-state index >= 15 is 0 Å². The third-order valence-corrected chi connectivity index (χ3v) is 4.12. The summed E-state index contributed by atoms with van der Waals surface area (Å²) in [7, 11) is 0. The SMILES string of the molecule is CCOc1ncccc1C(=O)N1C[C@@H](Cc2cc(C)no2)[C@H](O)C1. The van der Waals surface area contributed by atoms with Gasteiger partial charge in [0.05, 0.1) is 18.4 Å². The first-order chi connectivity index (χ1) is 11.6. The number of nitrogens with zero attached hydrogens (tertiary/aromatic N) is 3. The fraction of sp³-hybridized carbons (Fsp3) is 0.471. The van der Waals surface area contributed by atoms with Gasteiger partial charge < -0.3 is 19.3 Å². The number of β-amino-alcohol motifs (C(OH)–C–C–N with tert-alkyl or cyclic N) is 1. The van der Waals surface area contributed by atoms with Gasteiger partial charge in [-0.3, -0.25) is 4.79 Å². The molecule has 0 radical (unpaired) electrons. The van der Waals surface area contributed by atoms with E-state index in [9.17, 15) is 9.90 Å². The van der Waals surface area contributed by atoms with Crippen molar-refractivity contribution >= 4 is 5.91 Å². The normalized spacial score (nSPS) is 20.4. The van der Waals surface area contributed by atoms with E-state index in [1.165, 1.54) is 0 Å². The predicted octanol–water partition coefficient (Wildman–Crippen LogP) is 1.45. The molecular weight excluding hydrogens is 310 g/mol. The van der Waals surface area contributed by atoms with Crippen molar-refractivity contribution in [3.63, 3.8) is 0 Å². The number of aliphatic hydroxyl groups is 1. The Kier molecular flexibility index (Phi) is 4.80. The first-order valence-electron chi connectivity index (χ1n) is 8.05. The van der Waals surface area contributed by atoms with Crippen LogP contribution in [-0.2, 0) is 6.42 Å². The average molecular weight is 331 g/mol. The van der Waals surface area contributed by atoms with E-state index in [1.54, 1.807) is 23.2 Å². The van der Waals surface area contributed by atoms with Crippen LogP contribution in [0.15, 0.2) is 28.9 Å². The number of pyridine rings is 1. The zero-order valence-corrected chi connectivity index (χ0v) is 13.8. The van der Waals surface area contributed by atoms with E-state index in [1.807, 2.05) is 19.9 Å². The number of aryl methyl sites for hydroxylation is 1. The highest BCUT2D eigenvalue weighted by atomic mass is 16.5. The van der Waals surface area contributed by atoms with E-state index in [-0.39, 0.29) is 18.4 Å². The number of hydrogen-bond donors (Lipinski definition) is 1. The molecule has 2 aromatic heterocycles. The molecule has 1 fully saturated rings. The summed E-state index contributed by atoms with van der Waals surface area (Å²) in [4.78, 5) is 18.5. The highest BCUT2D eigenvalue weighted by Gasteiger charge is 2.36. The van der Waals surface area contributed by atoms with Crippen LogP contribution in [0.4, 0.5) is 0 Å². The maximum atomic E-state index is 12.7. The van der Waals surface area contributed by atoms with Crippen LogP contribution in [-0.4, -0.2) is 51.9 Å². The third-order valence-electron chi connectivity index (χ3n) is 4.12. The van der Waals surface area contributed by atoms with Gasteiger partial charge in [0, 0.05) is 37.7 Å². The number of carbonyl (C=O) groups excluding carboxylic acids is 1. The van der Waals surface area contributed by atoms with Gasteiger partial charge in [-0.2, -0.15) is 0 Å². The molecular formula is C17H21N3O4. The first kappa shape index (κ1) is 16.4. The largest absolute Gasteiger partial charge is 0.477 e. The number of rotatable bonds is 5. The van der Waals surface area contributed by atoms with Crippen molar-refractivity contribution in [1.29, 1.82) is 0 Å². The van der Waals surface area contributed by atoms with Crippen molar-refractivity contribution in [3.05, 3.63) is 41.4 Å². The van der Waals surface area contributed by atoms with Crippen LogP contribution in [0, 0.1) is 12.8 Å². The summed E-state index contributed by atoms with van der Waals surface area (Å²) in [5, 5.41) is 14.1. The lowest BCUT2D eigenvalue weighted by Crippen LogP contribution is -2.30. The summed E-state index contributed by atoms with van der Waals surface area (Å²) in [6, 6.07) is 5.25. The molecule has 0 aromatic carbocycles. The zero-order valence-electron chi connectivity index (χ0n) is 13.8. The van der Waals surface area contributed by atoms with Gasteiger partial charge in [0.25, 0.3) is 5.91 Å². The van der Waals surface area contributed by atoms with Crippen LogP contribution in [0.5, 0.6) is 5.88 Å². The number of hydrogen-bond acceptors (Lipinski definition) is 6. The fourth-order valence-corrected chi connectivity index (χ4v) is 2.97. The number of carbonyl (C=O) groups is 1. The van der Waals surface area contributed by atoms with Crippen LogP contribution < -0.4 is 4.74 Å². The predicted molar refractivity (Wildman–Crippen MR) is 85.8 cm³/mol. The Hall–Kier alpha value is -2.41. The summed E-state index contributed by atoms with van der Waals surface area (Å²) < 4.78 is 10.6. The maximum absolute atomic E-state index is 12.7. The third kappa shape index (κ3) is 3.41. The second kappa shape index (κ2) is 7.00. The van der Waals surface area contributed by atoms with Crippen LogP contribution in [0.1, 0.15) is 28.7 Å². The molecule has 7 nitrogen and oxygen atoms in total. The molecule has 2 aromatic rings. The van der Waals surface area contributed by atoms with Crippen LogP contribution in [0.2, 0.25) is 0 Å². The zero-order chi connectivity index (χ0) is 17.1. The van der Waals surface area contributed by atoms with E-state index in [0.29, 0.717) is 31.0 Å². The summed E-state index contributed by atoms with van der Waals surface area (Å²) in [6.07, 6.45) is 1.55. The molecule has 0 aliphatic carbocycles. The van der Waals surface area contributed by atoms with Gasteiger partial charge in [-0.25, -0.2) is 4.98 Å². The smallest absolute Gasteiger partial charge is 0.259 e. The minimum absolute atomic E-state index is 0.0754. The lowest BCUT2D eigenvalue weighted by atomic mass is 10.0. The monoisotopic (exact) mass is 331 g/mol. The quantitative estimate of drug-likeness (QED) is 0.892. The van der Waals surface area contributed by atoms with Gasteiger partial charge in [-0.1, -0.05) is 5.16 Å². The number of ether oxygens (including phenoxy) is 1. The number of aliphatic hydroxyl groups excluding tert-OH is 1. The molecule has 3 rings (SSSR count). The Balaban J connectivity index is 1.71. The molecule has 1 aliphatic heterocycles. The second-order valence-corrected chi connectivity index (χ2v) is 5.97. The van der Waals surface area contributed by atoms with Gasteiger partial charge in [0.1, 0.15) is 11.3 Å². The van der Waals surface area contributed by atoms with E-state index in [4.69, 9.17) is 9.26 Å². The molecule has 2 atom stereocenters. The van der Waals surface area contributed by atoms with Crippen LogP contribution in [0.25, 0.3) is 0 Å². The van der Waals surface area contributed by atoms with Crippen LogP contribution in [0.3, 0.4) is 0 Å². The molecule has 0 unspecified atom stereocenters. The van der Waals surface area contributed by atoms with Gasteiger partial charge in [0.2, 0.25) is 5.88 Å². The van der Waals surface area contributed by atoms with Crippen molar-refractivity contribution < 1.29 is 19.2 Å². The molecule has 1 aliphatic rings. The number of amides is 1. The number of aromatic nitrogens is 2. The first-order valence-corrected chi connectivity index (χ1v) is 8.05. The molecule has 128 valence electrons. The highest BCUT2D eigenvalue weighted by Crippen LogP contribution is 2.25. The van der Waals surface area contributed by atoms with Crippen molar-refractivity contribution in [2.45, 2.75) is 26.4 Å². The summed E-state index contributed by atoms with van der Waals surface area (Å²) in [5.41, 5.74) is 1.23. The fourth-order valence-electron chi connectivity index (χ4n) is 2.97. The minimum atomic E-state index is -0.591. The topological polar surface area (TPSA) is 88.7 Å². The van der Waals surface area contributed by atoms with Gasteiger partial charge in [0.15, 0.2) is 0 Å². The van der Waals surface area contributed by atoms with Crippen molar-refractivity contribution in [3.8, 4) is 5.88 Å². The van der Waals surface area contributed by atoms with Gasteiger partial charge in [-0.15, -0.1) is 0 Å². The van der Waals surface area contributed by atoms with E-state index in [2.05, 4.69) is 10.1 Å². The van der Waals surface area contributed by atoms with Crippen molar-refractivity contribution in [2.75, 3.05) is 19.7 Å². The Labute approximate surface area is 140 Å². The lowest BCUT2D eigenvalue weighted by Gasteiger charge is -2.17. The molecule has 1 amide bonds. The molecule has 0 bridgehead atoms. The molecule has 0 saturated carbocycles. The average Bonchev–Trinajstić information content (AvgIpc) is 3.14.